The molecule has 0 atom stereocenters. The van der Waals surface area contributed by atoms with Crippen molar-refractivity contribution in [2.45, 2.75) is 19.8 Å². The van der Waals surface area contributed by atoms with E-state index in [0.717, 1.165) is 17.8 Å². The van der Waals surface area contributed by atoms with E-state index in [0.29, 0.717) is 16.5 Å². The fraction of sp³-hybridized carbons (Fsp3) is 0.273. The second kappa shape index (κ2) is 5.54. The van der Waals surface area contributed by atoms with Crippen LogP contribution >= 0.6 is 11.3 Å². The number of carbonyl (C=O) groups excluding carboxylic acids is 1. The summed E-state index contributed by atoms with van der Waals surface area (Å²) in [6.07, 6.45) is 3.31. The standard InChI is InChI=1S/C11H13N5OS/c1-2-3-9-15-16-11(18-9)14-10(17)7-4-5-8(12)13-6-7/h4-6H,2-3H2,1H3,(H2,12,13)(H,14,16,17). The first kappa shape index (κ1) is 12.4. The molecule has 0 aromatic carbocycles. The first-order valence-electron chi connectivity index (χ1n) is 5.54. The van der Waals surface area contributed by atoms with Gasteiger partial charge in [0.05, 0.1) is 5.56 Å². The van der Waals surface area contributed by atoms with Crippen molar-refractivity contribution in [1.29, 1.82) is 0 Å². The van der Waals surface area contributed by atoms with Gasteiger partial charge in [-0.1, -0.05) is 18.3 Å². The van der Waals surface area contributed by atoms with Crippen LogP contribution in [0.3, 0.4) is 0 Å². The number of aryl methyl sites for hydroxylation is 1. The molecule has 0 unspecified atom stereocenters. The van der Waals surface area contributed by atoms with Crippen molar-refractivity contribution >= 4 is 28.2 Å². The topological polar surface area (TPSA) is 93.8 Å². The zero-order chi connectivity index (χ0) is 13.0. The molecule has 3 N–H and O–H groups in total. The van der Waals surface area contributed by atoms with E-state index in [2.05, 4.69) is 27.4 Å². The van der Waals surface area contributed by atoms with Gasteiger partial charge < -0.3 is 5.73 Å². The quantitative estimate of drug-likeness (QED) is 0.876. The van der Waals surface area contributed by atoms with Gasteiger partial charge in [-0.3, -0.25) is 10.1 Å². The smallest absolute Gasteiger partial charge is 0.259 e. The number of hydrogen-bond donors (Lipinski definition) is 2. The third-order valence-electron chi connectivity index (χ3n) is 2.20. The summed E-state index contributed by atoms with van der Waals surface area (Å²) in [5.41, 5.74) is 5.89. The summed E-state index contributed by atoms with van der Waals surface area (Å²) < 4.78 is 0. The lowest BCUT2D eigenvalue weighted by Crippen LogP contribution is -2.12. The highest BCUT2D eigenvalue weighted by Gasteiger charge is 2.10. The average molecular weight is 263 g/mol. The van der Waals surface area contributed by atoms with E-state index < -0.39 is 0 Å². The molecule has 0 saturated carbocycles. The fourth-order valence-corrected chi connectivity index (χ4v) is 2.16. The summed E-state index contributed by atoms with van der Waals surface area (Å²) in [6.45, 7) is 2.07. The number of rotatable bonds is 4. The van der Waals surface area contributed by atoms with Gasteiger partial charge in [-0.05, 0) is 18.6 Å². The number of anilines is 2. The molecule has 0 bridgehead atoms. The Kier molecular flexibility index (Phi) is 3.83. The number of nitrogens with zero attached hydrogens (tertiary/aromatic N) is 3. The molecule has 2 aromatic rings. The molecule has 18 heavy (non-hydrogen) atoms. The molecule has 2 rings (SSSR count). The highest BCUT2D eigenvalue weighted by atomic mass is 32.1. The molecule has 0 aliphatic rings. The van der Waals surface area contributed by atoms with Crippen LogP contribution in [-0.2, 0) is 6.42 Å². The van der Waals surface area contributed by atoms with Crippen LogP contribution in [-0.4, -0.2) is 21.1 Å². The monoisotopic (exact) mass is 263 g/mol. The summed E-state index contributed by atoms with van der Waals surface area (Å²) in [5.74, 6) is 0.120. The molecule has 0 aliphatic carbocycles. The molecule has 0 fully saturated rings. The summed E-state index contributed by atoms with van der Waals surface area (Å²) in [4.78, 5) is 15.7. The molecule has 2 aromatic heterocycles. The Morgan fingerprint density at radius 3 is 2.94 bits per heavy atom. The number of nitrogen functional groups attached to an aromatic ring is 1. The molecule has 94 valence electrons. The lowest BCUT2D eigenvalue weighted by molar-refractivity contribution is 0.102. The number of pyridine rings is 1. The van der Waals surface area contributed by atoms with E-state index in [1.54, 1.807) is 12.1 Å². The molecule has 2 heterocycles. The fourth-order valence-electron chi connectivity index (χ4n) is 1.33. The van der Waals surface area contributed by atoms with Crippen LogP contribution in [0.15, 0.2) is 18.3 Å². The predicted molar refractivity (Wildman–Crippen MR) is 70.5 cm³/mol. The van der Waals surface area contributed by atoms with Gasteiger partial charge in [0, 0.05) is 12.6 Å². The minimum atomic E-state index is -0.262. The minimum Gasteiger partial charge on any atom is -0.384 e. The van der Waals surface area contributed by atoms with Crippen molar-refractivity contribution < 1.29 is 4.79 Å². The minimum absolute atomic E-state index is 0.262. The number of carbonyl (C=O) groups is 1. The lowest BCUT2D eigenvalue weighted by atomic mass is 10.2. The average Bonchev–Trinajstić information content (AvgIpc) is 2.78. The second-order valence-corrected chi connectivity index (χ2v) is 4.74. The molecule has 7 heteroatoms. The van der Waals surface area contributed by atoms with E-state index >= 15 is 0 Å². The predicted octanol–water partition coefficient (Wildman–Crippen LogP) is 1.72. The van der Waals surface area contributed by atoms with Crippen molar-refractivity contribution in [3.05, 3.63) is 28.9 Å². The first-order chi connectivity index (χ1) is 8.69. The van der Waals surface area contributed by atoms with Crippen LogP contribution in [0, 0.1) is 0 Å². The van der Waals surface area contributed by atoms with Crippen LogP contribution in [0.2, 0.25) is 0 Å². The Labute approximate surface area is 108 Å². The van der Waals surface area contributed by atoms with Crippen molar-refractivity contribution in [3.8, 4) is 0 Å². The van der Waals surface area contributed by atoms with Gasteiger partial charge in [-0.25, -0.2) is 4.98 Å². The first-order valence-corrected chi connectivity index (χ1v) is 6.36. The zero-order valence-corrected chi connectivity index (χ0v) is 10.7. The van der Waals surface area contributed by atoms with Crippen LogP contribution in [0.4, 0.5) is 10.9 Å². The third-order valence-corrected chi connectivity index (χ3v) is 3.10. The van der Waals surface area contributed by atoms with E-state index in [9.17, 15) is 4.79 Å². The van der Waals surface area contributed by atoms with Gasteiger partial charge >= 0.3 is 0 Å². The largest absolute Gasteiger partial charge is 0.384 e. The van der Waals surface area contributed by atoms with Crippen molar-refractivity contribution in [2.75, 3.05) is 11.1 Å². The Bertz CT molecular complexity index is 537. The molecule has 0 spiro atoms. The maximum atomic E-state index is 11.8. The number of hydrogen-bond acceptors (Lipinski definition) is 6. The highest BCUT2D eigenvalue weighted by molar-refractivity contribution is 7.15. The van der Waals surface area contributed by atoms with Crippen molar-refractivity contribution in [3.63, 3.8) is 0 Å². The van der Waals surface area contributed by atoms with Crippen molar-refractivity contribution in [2.24, 2.45) is 0 Å². The number of nitrogens with one attached hydrogen (secondary N) is 1. The maximum Gasteiger partial charge on any atom is 0.259 e. The van der Waals surface area contributed by atoms with Gasteiger partial charge in [0.25, 0.3) is 5.91 Å². The van der Waals surface area contributed by atoms with Gasteiger partial charge in [0.15, 0.2) is 0 Å². The molecule has 6 nitrogen and oxygen atoms in total. The number of aromatic nitrogens is 3. The third kappa shape index (κ3) is 3.01. The van der Waals surface area contributed by atoms with Gasteiger partial charge in [0.2, 0.25) is 5.13 Å². The number of nitrogens with two attached hydrogens (primary N) is 1. The van der Waals surface area contributed by atoms with Crippen LogP contribution in [0.25, 0.3) is 0 Å². The van der Waals surface area contributed by atoms with Crippen molar-refractivity contribution in [1.82, 2.24) is 15.2 Å². The molecule has 0 aliphatic heterocycles. The number of amides is 1. The zero-order valence-electron chi connectivity index (χ0n) is 9.88. The molecule has 0 saturated heterocycles. The van der Waals surface area contributed by atoms with Crippen LogP contribution in [0.5, 0.6) is 0 Å². The van der Waals surface area contributed by atoms with Gasteiger partial charge in [-0.15, -0.1) is 10.2 Å². The van der Waals surface area contributed by atoms with E-state index in [1.807, 2.05) is 0 Å². The summed E-state index contributed by atoms with van der Waals surface area (Å²) >= 11 is 1.38. The normalized spacial score (nSPS) is 10.3. The molecule has 1 amide bonds. The molecule has 0 radical (unpaired) electrons. The highest BCUT2D eigenvalue weighted by Crippen LogP contribution is 2.17. The summed E-state index contributed by atoms with van der Waals surface area (Å²) in [6, 6.07) is 3.20. The van der Waals surface area contributed by atoms with E-state index in [1.165, 1.54) is 17.5 Å². The Morgan fingerprint density at radius 1 is 1.44 bits per heavy atom. The van der Waals surface area contributed by atoms with Crippen LogP contribution in [0.1, 0.15) is 28.7 Å². The SMILES string of the molecule is CCCc1nnc(NC(=O)c2ccc(N)nc2)s1. The summed E-state index contributed by atoms with van der Waals surface area (Å²) in [7, 11) is 0. The Hall–Kier alpha value is -2.02. The summed E-state index contributed by atoms with van der Waals surface area (Å²) in [5, 5.41) is 12.0. The van der Waals surface area contributed by atoms with Gasteiger partial charge in [-0.2, -0.15) is 0 Å². The van der Waals surface area contributed by atoms with Gasteiger partial charge in [0.1, 0.15) is 10.8 Å². The maximum absolute atomic E-state index is 11.8. The van der Waals surface area contributed by atoms with E-state index in [-0.39, 0.29) is 5.91 Å². The Morgan fingerprint density at radius 2 is 2.28 bits per heavy atom. The molecular weight excluding hydrogens is 250 g/mol. The molecular formula is C11H13N5OS. The van der Waals surface area contributed by atoms with Crippen LogP contribution < -0.4 is 11.1 Å². The lowest BCUT2D eigenvalue weighted by Gasteiger charge is -2.00. The van der Waals surface area contributed by atoms with E-state index in [4.69, 9.17) is 5.73 Å². The Balaban J connectivity index is 2.04. The second-order valence-electron chi connectivity index (χ2n) is 3.68.